The Morgan fingerprint density at radius 1 is 1.12 bits per heavy atom. The number of unbranched alkanes of at least 4 members (excludes halogenated alkanes) is 2. The molecule has 132 valence electrons. The predicted octanol–water partition coefficient (Wildman–Crippen LogP) is 6.44. The van der Waals surface area contributed by atoms with Crippen molar-refractivity contribution >= 4 is 0 Å². The molecule has 4 rings (SSSR count). The van der Waals surface area contributed by atoms with Crippen molar-refractivity contribution in [3.8, 4) is 5.75 Å². The fourth-order valence-electron chi connectivity index (χ4n) is 6.79. The van der Waals surface area contributed by atoms with E-state index in [2.05, 4.69) is 19.9 Å². The number of benzene rings is 1. The van der Waals surface area contributed by atoms with Gasteiger partial charge in [-0.25, -0.2) is 0 Å². The molecule has 0 bridgehead atoms. The van der Waals surface area contributed by atoms with Gasteiger partial charge in [-0.05, 0) is 97.3 Å². The van der Waals surface area contributed by atoms with Crippen molar-refractivity contribution in [3.05, 3.63) is 29.3 Å². The summed E-state index contributed by atoms with van der Waals surface area (Å²) >= 11 is 0. The Labute approximate surface area is 147 Å². The van der Waals surface area contributed by atoms with Crippen molar-refractivity contribution in [1.82, 2.24) is 0 Å². The normalized spacial score (nSPS) is 37.6. The largest absolute Gasteiger partial charge is 0.508 e. The van der Waals surface area contributed by atoms with Crippen LogP contribution in [0.5, 0.6) is 5.75 Å². The maximum Gasteiger partial charge on any atom is 0.115 e. The molecule has 0 radical (unpaired) electrons. The molecule has 24 heavy (non-hydrogen) atoms. The Morgan fingerprint density at radius 2 is 2.00 bits per heavy atom. The van der Waals surface area contributed by atoms with E-state index in [4.69, 9.17) is 0 Å². The Kier molecular flexibility index (Phi) is 4.39. The maximum absolute atomic E-state index is 9.81. The number of aromatic hydroxyl groups is 1. The van der Waals surface area contributed by atoms with E-state index >= 15 is 0 Å². The number of aryl methyl sites for hydroxylation is 1. The van der Waals surface area contributed by atoms with E-state index in [0.717, 1.165) is 23.7 Å². The summed E-state index contributed by atoms with van der Waals surface area (Å²) in [6.07, 6.45) is 14.0. The summed E-state index contributed by atoms with van der Waals surface area (Å²) in [7, 11) is 0. The Morgan fingerprint density at radius 3 is 2.83 bits per heavy atom. The minimum absolute atomic E-state index is 0.449. The third kappa shape index (κ3) is 2.59. The third-order valence-electron chi connectivity index (χ3n) is 8.06. The first-order valence-corrected chi connectivity index (χ1v) is 10.4. The van der Waals surface area contributed by atoms with Gasteiger partial charge in [-0.15, -0.1) is 0 Å². The summed E-state index contributed by atoms with van der Waals surface area (Å²) in [5.74, 6) is 4.05. The van der Waals surface area contributed by atoms with Crippen LogP contribution in [0.4, 0.5) is 0 Å². The molecule has 1 nitrogen and oxygen atoms in total. The number of phenolic OH excluding ortho intramolecular Hbond substituents is 1. The highest BCUT2D eigenvalue weighted by molar-refractivity contribution is 5.40. The minimum Gasteiger partial charge on any atom is -0.508 e. The first-order chi connectivity index (χ1) is 11.6. The zero-order valence-electron chi connectivity index (χ0n) is 15.6. The first-order valence-electron chi connectivity index (χ1n) is 10.4. The number of hydrogen-bond donors (Lipinski definition) is 1. The zero-order valence-corrected chi connectivity index (χ0v) is 15.6. The molecular weight excluding hydrogens is 292 g/mol. The van der Waals surface area contributed by atoms with Crippen LogP contribution in [0.25, 0.3) is 0 Å². The standard InChI is InChI=1S/C23H34O/c1-3-4-5-6-17-8-12-22-21-10-7-16-15-18(24)9-11-19(16)20(21)13-14-23(17,22)2/h9,11,15,17,20-22,24H,3-8,10,12-14H2,1-2H3/t17-,20+,21+,22-,23+/m0/s1. The van der Waals surface area contributed by atoms with Crippen LogP contribution >= 0.6 is 0 Å². The summed E-state index contributed by atoms with van der Waals surface area (Å²) in [5, 5.41) is 9.81. The smallest absolute Gasteiger partial charge is 0.115 e. The molecule has 1 aromatic rings. The third-order valence-corrected chi connectivity index (χ3v) is 8.06. The van der Waals surface area contributed by atoms with Crippen LogP contribution in [-0.4, -0.2) is 5.11 Å². The Hall–Kier alpha value is -0.980. The molecule has 0 amide bonds. The molecule has 0 saturated heterocycles. The molecule has 3 aliphatic carbocycles. The van der Waals surface area contributed by atoms with E-state index < -0.39 is 0 Å². The highest BCUT2D eigenvalue weighted by Gasteiger charge is 2.54. The molecule has 2 fully saturated rings. The van der Waals surface area contributed by atoms with E-state index in [1.54, 1.807) is 5.56 Å². The number of rotatable bonds is 4. The molecule has 0 unspecified atom stereocenters. The average molecular weight is 327 g/mol. The van der Waals surface area contributed by atoms with Crippen molar-refractivity contribution in [1.29, 1.82) is 0 Å². The van der Waals surface area contributed by atoms with Crippen LogP contribution in [0.3, 0.4) is 0 Å². The molecule has 1 N–H and O–H groups in total. The molecule has 3 aliphatic rings. The quantitative estimate of drug-likeness (QED) is 0.631. The molecule has 0 aliphatic heterocycles. The lowest BCUT2D eigenvalue weighted by Crippen LogP contribution is -2.42. The van der Waals surface area contributed by atoms with E-state index in [1.165, 1.54) is 69.8 Å². The van der Waals surface area contributed by atoms with Gasteiger partial charge in [0.1, 0.15) is 5.75 Å². The molecule has 5 atom stereocenters. The van der Waals surface area contributed by atoms with Gasteiger partial charge < -0.3 is 5.11 Å². The molecule has 0 spiro atoms. The van der Waals surface area contributed by atoms with E-state index in [1.807, 2.05) is 12.1 Å². The summed E-state index contributed by atoms with van der Waals surface area (Å²) in [6.45, 7) is 4.96. The van der Waals surface area contributed by atoms with Crippen molar-refractivity contribution in [3.63, 3.8) is 0 Å². The van der Waals surface area contributed by atoms with E-state index in [9.17, 15) is 5.11 Å². The van der Waals surface area contributed by atoms with Gasteiger partial charge in [0.2, 0.25) is 0 Å². The maximum atomic E-state index is 9.81. The lowest BCUT2D eigenvalue weighted by atomic mass is 9.54. The first kappa shape index (κ1) is 16.5. The lowest BCUT2D eigenvalue weighted by molar-refractivity contribution is 0.0252. The van der Waals surface area contributed by atoms with Crippen molar-refractivity contribution < 1.29 is 5.11 Å². The summed E-state index contributed by atoms with van der Waals surface area (Å²) in [5.41, 5.74) is 3.61. The average Bonchev–Trinajstić information content (AvgIpc) is 2.91. The molecule has 1 heteroatoms. The van der Waals surface area contributed by atoms with Crippen LogP contribution in [0.15, 0.2) is 18.2 Å². The highest BCUT2D eigenvalue weighted by Crippen LogP contribution is 2.63. The monoisotopic (exact) mass is 326 g/mol. The Bertz CT molecular complexity index is 592. The second kappa shape index (κ2) is 6.39. The number of phenols is 1. The SMILES string of the molecule is CCCCC[C@H]1CC[C@H]2[C@@H]3CCc4cc(O)ccc4[C@H]3CC[C@]12C. The van der Waals surface area contributed by atoms with Crippen molar-refractivity contribution in [2.45, 2.75) is 84.0 Å². The van der Waals surface area contributed by atoms with Crippen LogP contribution in [0.2, 0.25) is 0 Å². The highest BCUT2D eigenvalue weighted by atomic mass is 16.3. The summed E-state index contributed by atoms with van der Waals surface area (Å²) in [4.78, 5) is 0. The molecule has 0 heterocycles. The van der Waals surface area contributed by atoms with Gasteiger partial charge in [-0.2, -0.15) is 0 Å². The Balaban J connectivity index is 1.54. The van der Waals surface area contributed by atoms with Gasteiger partial charge in [0.05, 0.1) is 0 Å². The zero-order chi connectivity index (χ0) is 16.7. The molecular formula is C23H34O. The molecule has 2 saturated carbocycles. The van der Waals surface area contributed by atoms with E-state index in [-0.39, 0.29) is 0 Å². The van der Waals surface area contributed by atoms with E-state index in [0.29, 0.717) is 11.2 Å². The van der Waals surface area contributed by atoms with Gasteiger partial charge in [0, 0.05) is 0 Å². The van der Waals surface area contributed by atoms with Crippen molar-refractivity contribution in [2.24, 2.45) is 23.2 Å². The number of fused-ring (bicyclic) bond motifs is 5. The van der Waals surface area contributed by atoms with Gasteiger partial charge in [-0.1, -0.05) is 39.2 Å². The summed E-state index contributed by atoms with van der Waals surface area (Å²) in [6, 6.07) is 6.18. The van der Waals surface area contributed by atoms with Gasteiger partial charge in [-0.3, -0.25) is 0 Å². The second-order valence-corrected chi connectivity index (χ2v) is 9.11. The second-order valence-electron chi connectivity index (χ2n) is 9.11. The van der Waals surface area contributed by atoms with Crippen LogP contribution in [0.1, 0.15) is 88.7 Å². The fraction of sp³-hybridized carbons (Fsp3) is 0.739. The molecule has 0 aromatic heterocycles. The van der Waals surface area contributed by atoms with Crippen LogP contribution in [0, 0.1) is 23.2 Å². The summed E-state index contributed by atoms with van der Waals surface area (Å²) < 4.78 is 0. The predicted molar refractivity (Wildman–Crippen MR) is 100 cm³/mol. The fourth-order valence-corrected chi connectivity index (χ4v) is 6.79. The van der Waals surface area contributed by atoms with Gasteiger partial charge in [0.15, 0.2) is 0 Å². The topological polar surface area (TPSA) is 20.2 Å². The number of hydrogen-bond acceptors (Lipinski definition) is 1. The van der Waals surface area contributed by atoms with Gasteiger partial charge >= 0.3 is 0 Å². The van der Waals surface area contributed by atoms with Gasteiger partial charge in [0.25, 0.3) is 0 Å². The lowest BCUT2D eigenvalue weighted by Gasteiger charge is -2.51. The van der Waals surface area contributed by atoms with Crippen molar-refractivity contribution in [2.75, 3.05) is 0 Å². The van der Waals surface area contributed by atoms with Crippen LogP contribution < -0.4 is 0 Å². The van der Waals surface area contributed by atoms with Crippen LogP contribution in [-0.2, 0) is 6.42 Å². The molecule has 1 aromatic carbocycles. The minimum atomic E-state index is 0.449.